The van der Waals surface area contributed by atoms with Crippen molar-refractivity contribution < 1.29 is 14.3 Å². The molecule has 0 aromatic carbocycles. The number of ether oxygens (including phenoxy) is 1. The SMILES string of the molecule is CCOC(=O)/C(=C/C=C(\C)N(C)C)C(N)=O. The summed E-state index contributed by atoms with van der Waals surface area (Å²) in [6.07, 6.45) is 3.01. The van der Waals surface area contributed by atoms with Gasteiger partial charge in [-0.3, -0.25) is 4.79 Å². The molecule has 0 unspecified atom stereocenters. The van der Waals surface area contributed by atoms with Gasteiger partial charge in [-0.05, 0) is 26.0 Å². The van der Waals surface area contributed by atoms with E-state index in [0.717, 1.165) is 5.70 Å². The Morgan fingerprint density at radius 2 is 1.88 bits per heavy atom. The van der Waals surface area contributed by atoms with Gasteiger partial charge >= 0.3 is 5.97 Å². The highest BCUT2D eigenvalue weighted by Crippen LogP contribution is 2.02. The number of hydrogen-bond donors (Lipinski definition) is 1. The molecule has 0 heterocycles. The molecular formula is C11H18N2O3. The predicted molar refractivity (Wildman–Crippen MR) is 61.4 cm³/mol. The second-order valence-electron chi connectivity index (χ2n) is 3.37. The maximum absolute atomic E-state index is 11.3. The van der Waals surface area contributed by atoms with Crippen molar-refractivity contribution in [3.05, 3.63) is 23.4 Å². The van der Waals surface area contributed by atoms with Crippen LogP contribution in [0.15, 0.2) is 23.4 Å². The second-order valence-corrected chi connectivity index (χ2v) is 3.37. The summed E-state index contributed by atoms with van der Waals surface area (Å²) in [6, 6.07) is 0. The Balaban J connectivity index is 4.93. The molecule has 0 aromatic rings. The minimum absolute atomic E-state index is 0.150. The van der Waals surface area contributed by atoms with Crippen LogP contribution in [0, 0.1) is 0 Å². The molecule has 0 bridgehead atoms. The third-order valence-corrected chi connectivity index (χ3v) is 1.96. The Morgan fingerprint density at radius 3 is 2.25 bits per heavy atom. The van der Waals surface area contributed by atoms with Gasteiger partial charge in [0.15, 0.2) is 0 Å². The lowest BCUT2D eigenvalue weighted by molar-refractivity contribution is -0.139. The van der Waals surface area contributed by atoms with E-state index in [1.807, 2.05) is 25.9 Å². The first-order valence-corrected chi connectivity index (χ1v) is 4.93. The molecule has 5 nitrogen and oxygen atoms in total. The Bertz CT molecular complexity index is 330. The van der Waals surface area contributed by atoms with Crippen molar-refractivity contribution in [2.24, 2.45) is 5.73 Å². The van der Waals surface area contributed by atoms with Crippen LogP contribution in [0.4, 0.5) is 0 Å². The van der Waals surface area contributed by atoms with E-state index in [1.165, 1.54) is 6.08 Å². The van der Waals surface area contributed by atoms with Gasteiger partial charge in [0.1, 0.15) is 5.57 Å². The van der Waals surface area contributed by atoms with Gasteiger partial charge < -0.3 is 15.4 Å². The molecule has 0 radical (unpaired) electrons. The highest BCUT2D eigenvalue weighted by Gasteiger charge is 2.15. The number of esters is 1. The summed E-state index contributed by atoms with van der Waals surface area (Å²) in [7, 11) is 3.71. The van der Waals surface area contributed by atoms with Crippen molar-refractivity contribution in [2.45, 2.75) is 13.8 Å². The van der Waals surface area contributed by atoms with Crippen LogP contribution >= 0.6 is 0 Å². The van der Waals surface area contributed by atoms with Crippen molar-refractivity contribution in [1.29, 1.82) is 0 Å². The number of nitrogens with zero attached hydrogens (tertiary/aromatic N) is 1. The number of carbonyl (C=O) groups excluding carboxylic acids is 2. The molecule has 0 rings (SSSR count). The Hall–Kier alpha value is -1.78. The van der Waals surface area contributed by atoms with E-state index in [2.05, 4.69) is 0 Å². The predicted octanol–water partition coefficient (Wildman–Crippen LogP) is 0.427. The second kappa shape index (κ2) is 6.66. The number of hydrogen-bond acceptors (Lipinski definition) is 4. The zero-order valence-electron chi connectivity index (χ0n) is 10.1. The number of amides is 1. The van der Waals surface area contributed by atoms with E-state index in [9.17, 15) is 9.59 Å². The average molecular weight is 226 g/mol. The molecule has 0 spiro atoms. The lowest BCUT2D eigenvalue weighted by Crippen LogP contribution is -2.22. The molecular weight excluding hydrogens is 208 g/mol. The third-order valence-electron chi connectivity index (χ3n) is 1.96. The molecule has 0 saturated heterocycles. The highest BCUT2D eigenvalue weighted by molar-refractivity contribution is 6.15. The Morgan fingerprint density at radius 1 is 1.31 bits per heavy atom. The van der Waals surface area contributed by atoms with Gasteiger partial charge in [-0.15, -0.1) is 0 Å². The third kappa shape index (κ3) is 4.63. The number of rotatable bonds is 5. The van der Waals surface area contributed by atoms with Crippen LogP contribution in [0.3, 0.4) is 0 Å². The number of carbonyl (C=O) groups is 2. The Kier molecular flexibility index (Phi) is 5.92. The van der Waals surface area contributed by atoms with Gasteiger partial charge in [-0.1, -0.05) is 0 Å². The summed E-state index contributed by atoms with van der Waals surface area (Å²) in [4.78, 5) is 24.2. The number of allylic oxidation sites excluding steroid dienone is 3. The van der Waals surface area contributed by atoms with Crippen LogP contribution in [-0.2, 0) is 14.3 Å². The van der Waals surface area contributed by atoms with E-state index in [0.29, 0.717) is 0 Å². The topological polar surface area (TPSA) is 72.6 Å². The van der Waals surface area contributed by atoms with E-state index >= 15 is 0 Å². The molecule has 1 amide bonds. The first-order chi connectivity index (χ1) is 7.40. The molecule has 0 aliphatic heterocycles. The fourth-order valence-corrected chi connectivity index (χ4v) is 0.813. The van der Waals surface area contributed by atoms with Crippen LogP contribution in [0.25, 0.3) is 0 Å². The van der Waals surface area contributed by atoms with Gasteiger partial charge in [-0.2, -0.15) is 0 Å². The fraction of sp³-hybridized carbons (Fsp3) is 0.455. The number of nitrogens with two attached hydrogens (primary N) is 1. The van der Waals surface area contributed by atoms with Crippen LogP contribution < -0.4 is 5.73 Å². The molecule has 16 heavy (non-hydrogen) atoms. The quantitative estimate of drug-likeness (QED) is 0.242. The van der Waals surface area contributed by atoms with E-state index in [4.69, 9.17) is 10.5 Å². The van der Waals surface area contributed by atoms with Crippen molar-refractivity contribution in [3.8, 4) is 0 Å². The standard InChI is InChI=1S/C11H18N2O3/c1-5-16-11(15)9(10(12)14)7-6-8(2)13(3)4/h6-7H,5H2,1-4H3,(H2,12,14)/b8-6+,9-7+. The van der Waals surface area contributed by atoms with Gasteiger partial charge in [0.25, 0.3) is 5.91 Å². The van der Waals surface area contributed by atoms with Crippen molar-refractivity contribution in [3.63, 3.8) is 0 Å². The zero-order chi connectivity index (χ0) is 12.7. The highest BCUT2D eigenvalue weighted by atomic mass is 16.5. The molecule has 0 aliphatic carbocycles. The summed E-state index contributed by atoms with van der Waals surface area (Å²) >= 11 is 0. The summed E-state index contributed by atoms with van der Waals surface area (Å²) in [5, 5.41) is 0. The first-order valence-electron chi connectivity index (χ1n) is 4.93. The minimum atomic E-state index is -0.791. The normalized spacial score (nSPS) is 12.2. The maximum Gasteiger partial charge on any atom is 0.343 e. The van der Waals surface area contributed by atoms with Crippen LogP contribution in [0.5, 0.6) is 0 Å². The summed E-state index contributed by atoms with van der Waals surface area (Å²) in [5.41, 5.74) is 5.82. The zero-order valence-corrected chi connectivity index (χ0v) is 10.1. The average Bonchev–Trinajstić information content (AvgIpc) is 2.17. The summed E-state index contributed by atoms with van der Waals surface area (Å²) < 4.78 is 4.71. The molecule has 0 aromatic heterocycles. The van der Waals surface area contributed by atoms with Crippen LogP contribution in [0.1, 0.15) is 13.8 Å². The summed E-state index contributed by atoms with van der Waals surface area (Å²) in [5.74, 6) is -1.49. The molecule has 5 heteroatoms. The molecule has 90 valence electrons. The summed E-state index contributed by atoms with van der Waals surface area (Å²) in [6.45, 7) is 3.72. The molecule has 0 fully saturated rings. The van der Waals surface area contributed by atoms with Crippen molar-refractivity contribution >= 4 is 11.9 Å². The molecule has 0 saturated carbocycles. The van der Waals surface area contributed by atoms with E-state index in [-0.39, 0.29) is 12.2 Å². The minimum Gasteiger partial charge on any atom is -0.462 e. The van der Waals surface area contributed by atoms with Gasteiger partial charge in [0, 0.05) is 19.8 Å². The molecule has 2 N–H and O–H groups in total. The fourth-order valence-electron chi connectivity index (χ4n) is 0.813. The van der Waals surface area contributed by atoms with E-state index in [1.54, 1.807) is 13.0 Å². The number of primary amides is 1. The first kappa shape index (κ1) is 14.2. The Labute approximate surface area is 95.5 Å². The van der Waals surface area contributed by atoms with Gasteiger partial charge in [-0.25, -0.2) is 4.79 Å². The molecule has 0 aliphatic rings. The van der Waals surface area contributed by atoms with E-state index < -0.39 is 11.9 Å². The lowest BCUT2D eigenvalue weighted by atomic mass is 10.2. The molecule has 0 atom stereocenters. The van der Waals surface area contributed by atoms with Crippen molar-refractivity contribution in [1.82, 2.24) is 4.90 Å². The monoisotopic (exact) mass is 226 g/mol. The smallest absolute Gasteiger partial charge is 0.343 e. The lowest BCUT2D eigenvalue weighted by Gasteiger charge is -2.11. The van der Waals surface area contributed by atoms with Gasteiger partial charge in [0.05, 0.1) is 6.61 Å². The largest absolute Gasteiger partial charge is 0.462 e. The van der Waals surface area contributed by atoms with Gasteiger partial charge in [0.2, 0.25) is 0 Å². The van der Waals surface area contributed by atoms with Crippen LogP contribution in [-0.4, -0.2) is 37.5 Å². The van der Waals surface area contributed by atoms with Crippen molar-refractivity contribution in [2.75, 3.05) is 20.7 Å². The van der Waals surface area contributed by atoms with Crippen LogP contribution in [0.2, 0.25) is 0 Å². The maximum atomic E-state index is 11.3.